The van der Waals surface area contributed by atoms with Gasteiger partial charge in [-0.25, -0.2) is 0 Å². The Morgan fingerprint density at radius 1 is 0.541 bits per heavy atom. The van der Waals surface area contributed by atoms with E-state index in [-0.39, 0.29) is 5.92 Å². The summed E-state index contributed by atoms with van der Waals surface area (Å²) in [5.74, 6) is 2.01. The van der Waals surface area contributed by atoms with Gasteiger partial charge >= 0.3 is 0 Å². The Bertz CT molecular complexity index is 1090. The Morgan fingerprint density at radius 2 is 1.05 bits per heavy atom. The lowest BCUT2D eigenvalue weighted by molar-refractivity contribution is 0.258. The molecule has 3 aromatic rings. The van der Waals surface area contributed by atoms with Crippen molar-refractivity contribution >= 4 is 0 Å². The normalized spacial score (nSPS) is 12.4. The Kier molecular flexibility index (Phi) is 10.1. The van der Waals surface area contributed by atoms with Gasteiger partial charge in [0.2, 0.25) is 0 Å². The lowest BCUT2D eigenvalue weighted by Gasteiger charge is -2.19. The highest BCUT2D eigenvalue weighted by atomic mass is 16.5. The summed E-state index contributed by atoms with van der Waals surface area (Å²) in [7, 11) is 0. The third-order valence-electron chi connectivity index (χ3n) is 7.64. The monoisotopic (exact) mass is 498 g/mol. The Labute approximate surface area is 225 Å². The third-order valence-corrected chi connectivity index (χ3v) is 7.64. The largest absolute Gasteiger partial charge is 0.490 e. The zero-order valence-corrected chi connectivity index (χ0v) is 23.6. The average Bonchev–Trinajstić information content (AvgIpc) is 3.20. The molecule has 0 radical (unpaired) electrons. The van der Waals surface area contributed by atoms with Crippen molar-refractivity contribution in [2.45, 2.75) is 97.8 Å². The van der Waals surface area contributed by atoms with Gasteiger partial charge in [-0.15, -0.1) is 0 Å². The van der Waals surface area contributed by atoms with E-state index in [4.69, 9.17) is 9.47 Å². The predicted molar refractivity (Wildman–Crippen MR) is 157 cm³/mol. The zero-order valence-electron chi connectivity index (χ0n) is 23.6. The highest BCUT2D eigenvalue weighted by molar-refractivity contribution is 5.81. The standard InChI is InChI=1S/C35H46O2/c1-5-7-9-11-13-21-36-33-20-17-28(25-34(33)37-22-14-12-10-8-6-2)35-31-23-26(3)15-18-29(31)30-19-16-27(4)24-32(30)35/h15-20,23-25,35H,5-14,21-22H2,1-4H3. The van der Waals surface area contributed by atoms with Crippen LogP contribution in [0.3, 0.4) is 0 Å². The molecular formula is C35H46O2. The van der Waals surface area contributed by atoms with Gasteiger partial charge in [-0.2, -0.15) is 0 Å². The summed E-state index contributed by atoms with van der Waals surface area (Å²) in [6.07, 6.45) is 12.4. The molecule has 3 aromatic carbocycles. The second-order valence-corrected chi connectivity index (χ2v) is 10.8. The molecule has 0 saturated heterocycles. The second kappa shape index (κ2) is 13.7. The average molecular weight is 499 g/mol. The van der Waals surface area contributed by atoms with Gasteiger partial charge in [-0.1, -0.05) is 119 Å². The fourth-order valence-electron chi connectivity index (χ4n) is 5.57. The first kappa shape index (κ1) is 27.3. The quantitative estimate of drug-likeness (QED) is 0.152. The maximum atomic E-state index is 6.41. The van der Waals surface area contributed by atoms with Crippen molar-refractivity contribution in [3.63, 3.8) is 0 Å². The molecule has 0 fully saturated rings. The summed E-state index contributed by atoms with van der Waals surface area (Å²) in [5.41, 5.74) is 9.41. The summed E-state index contributed by atoms with van der Waals surface area (Å²) >= 11 is 0. The molecule has 0 saturated carbocycles. The molecule has 0 unspecified atom stereocenters. The minimum atomic E-state index is 0.222. The fourth-order valence-corrected chi connectivity index (χ4v) is 5.57. The Hall–Kier alpha value is -2.74. The van der Waals surface area contributed by atoms with Crippen LogP contribution in [-0.2, 0) is 0 Å². The number of ether oxygens (including phenoxy) is 2. The lowest BCUT2D eigenvalue weighted by Crippen LogP contribution is -2.05. The second-order valence-electron chi connectivity index (χ2n) is 10.8. The zero-order chi connectivity index (χ0) is 26.0. The van der Waals surface area contributed by atoms with Crippen LogP contribution in [0, 0.1) is 13.8 Å². The van der Waals surface area contributed by atoms with Crippen molar-refractivity contribution in [2.24, 2.45) is 0 Å². The SMILES string of the molecule is CCCCCCCOc1ccc(C2c3cc(C)ccc3-c3ccc(C)cc32)cc1OCCCCCCC. The number of hydrogen-bond acceptors (Lipinski definition) is 2. The molecular weight excluding hydrogens is 452 g/mol. The summed E-state index contributed by atoms with van der Waals surface area (Å²) in [5, 5.41) is 0. The highest BCUT2D eigenvalue weighted by Gasteiger charge is 2.30. The number of unbranched alkanes of at least 4 members (excludes halogenated alkanes) is 8. The molecule has 0 N–H and O–H groups in total. The van der Waals surface area contributed by atoms with E-state index < -0.39 is 0 Å². The minimum absolute atomic E-state index is 0.222. The van der Waals surface area contributed by atoms with Crippen LogP contribution in [0.1, 0.15) is 112 Å². The van der Waals surface area contributed by atoms with Crippen molar-refractivity contribution in [3.8, 4) is 22.6 Å². The van der Waals surface area contributed by atoms with Crippen LogP contribution in [0.25, 0.3) is 11.1 Å². The first-order valence-electron chi connectivity index (χ1n) is 14.7. The summed E-state index contributed by atoms with van der Waals surface area (Å²) in [6, 6.07) is 20.4. The summed E-state index contributed by atoms with van der Waals surface area (Å²) in [4.78, 5) is 0. The smallest absolute Gasteiger partial charge is 0.161 e. The topological polar surface area (TPSA) is 18.5 Å². The van der Waals surface area contributed by atoms with Gasteiger partial charge in [0.05, 0.1) is 13.2 Å². The van der Waals surface area contributed by atoms with Crippen LogP contribution >= 0.6 is 0 Å². The molecule has 0 heterocycles. The lowest BCUT2D eigenvalue weighted by atomic mass is 9.88. The first-order valence-corrected chi connectivity index (χ1v) is 14.7. The first-order chi connectivity index (χ1) is 18.1. The number of fused-ring (bicyclic) bond motifs is 3. The molecule has 198 valence electrons. The summed E-state index contributed by atoms with van der Waals surface area (Å²) in [6.45, 7) is 10.4. The van der Waals surface area contributed by atoms with E-state index in [2.05, 4.69) is 82.3 Å². The molecule has 0 atom stereocenters. The van der Waals surface area contributed by atoms with Crippen LogP contribution in [0.4, 0.5) is 0 Å². The van der Waals surface area contributed by atoms with Crippen LogP contribution in [0.2, 0.25) is 0 Å². The van der Waals surface area contributed by atoms with Gasteiger partial charge in [0.25, 0.3) is 0 Å². The van der Waals surface area contributed by atoms with Gasteiger partial charge in [-0.3, -0.25) is 0 Å². The van der Waals surface area contributed by atoms with Crippen LogP contribution in [-0.4, -0.2) is 13.2 Å². The number of hydrogen-bond donors (Lipinski definition) is 0. The highest BCUT2D eigenvalue weighted by Crippen LogP contribution is 2.49. The molecule has 2 heteroatoms. The third kappa shape index (κ3) is 6.98. The number of benzene rings is 3. The Morgan fingerprint density at radius 3 is 1.59 bits per heavy atom. The molecule has 4 rings (SSSR count). The van der Waals surface area contributed by atoms with E-state index in [1.165, 1.54) is 90.3 Å². The number of rotatable bonds is 15. The fraction of sp³-hybridized carbons (Fsp3) is 0.486. The van der Waals surface area contributed by atoms with Crippen LogP contribution in [0.15, 0.2) is 54.6 Å². The van der Waals surface area contributed by atoms with Crippen LogP contribution < -0.4 is 9.47 Å². The van der Waals surface area contributed by atoms with E-state index in [0.29, 0.717) is 0 Å². The van der Waals surface area contributed by atoms with E-state index in [1.54, 1.807) is 0 Å². The van der Waals surface area contributed by atoms with Crippen LogP contribution in [0.5, 0.6) is 11.5 Å². The van der Waals surface area contributed by atoms with Gasteiger partial charge in [0.1, 0.15) is 0 Å². The molecule has 1 aliphatic carbocycles. The molecule has 37 heavy (non-hydrogen) atoms. The summed E-state index contributed by atoms with van der Waals surface area (Å²) < 4.78 is 12.7. The van der Waals surface area contributed by atoms with Gasteiger partial charge in [0.15, 0.2) is 11.5 Å². The molecule has 2 nitrogen and oxygen atoms in total. The van der Waals surface area contributed by atoms with Crippen molar-refractivity contribution < 1.29 is 9.47 Å². The van der Waals surface area contributed by atoms with E-state index in [9.17, 15) is 0 Å². The van der Waals surface area contributed by atoms with Gasteiger partial charge in [0, 0.05) is 5.92 Å². The number of aryl methyl sites for hydroxylation is 2. The predicted octanol–water partition coefficient (Wildman–Crippen LogP) is 10.2. The maximum absolute atomic E-state index is 6.41. The molecule has 0 bridgehead atoms. The van der Waals surface area contributed by atoms with Crippen molar-refractivity contribution in [2.75, 3.05) is 13.2 Å². The van der Waals surface area contributed by atoms with E-state index >= 15 is 0 Å². The van der Waals surface area contributed by atoms with Gasteiger partial charge in [-0.05, 0) is 66.6 Å². The molecule has 0 aliphatic heterocycles. The Balaban J connectivity index is 1.58. The van der Waals surface area contributed by atoms with Crippen molar-refractivity contribution in [1.29, 1.82) is 0 Å². The molecule has 0 amide bonds. The van der Waals surface area contributed by atoms with Crippen molar-refractivity contribution in [3.05, 3.63) is 82.4 Å². The van der Waals surface area contributed by atoms with E-state index in [0.717, 1.165) is 37.6 Å². The molecule has 1 aliphatic rings. The minimum Gasteiger partial charge on any atom is -0.490 e. The van der Waals surface area contributed by atoms with E-state index in [1.807, 2.05) is 0 Å². The van der Waals surface area contributed by atoms with Crippen molar-refractivity contribution in [1.82, 2.24) is 0 Å². The molecule has 0 spiro atoms. The van der Waals surface area contributed by atoms with Gasteiger partial charge < -0.3 is 9.47 Å². The molecule has 0 aromatic heterocycles. The maximum Gasteiger partial charge on any atom is 0.161 e.